The molecule has 9 nitrogen and oxygen atoms in total. The molecule has 0 bridgehead atoms. The number of aromatic nitrogens is 4. The predicted octanol–water partition coefficient (Wildman–Crippen LogP) is 2.25. The molecule has 1 atom stereocenters. The van der Waals surface area contributed by atoms with E-state index in [1.54, 1.807) is 30.6 Å². The van der Waals surface area contributed by atoms with E-state index in [4.69, 9.17) is 4.74 Å². The standard InChI is InChI=1S/C17H23N5O4.C3H8/c1-5-6-11(12(8-23)26-4)7-22-9-18-13-14(22)19-17(21-16(13)25)20-15(24)10(2)3;1-3-2/h5-6,9-10,12,23H,1,7-8H2,2-4H3,(H2,19,20,21,24,25);3H2,1-2H3/b11-6+;. The van der Waals surface area contributed by atoms with Gasteiger partial charge in [0.05, 0.1) is 12.9 Å². The van der Waals surface area contributed by atoms with Crippen molar-refractivity contribution in [3.05, 3.63) is 41.0 Å². The molecule has 29 heavy (non-hydrogen) atoms. The fourth-order valence-electron chi connectivity index (χ4n) is 2.34. The maximum atomic E-state index is 12.2. The summed E-state index contributed by atoms with van der Waals surface area (Å²) in [5.74, 6) is -0.455. The number of aliphatic hydroxyl groups excluding tert-OH is 1. The summed E-state index contributed by atoms with van der Waals surface area (Å²) in [6.07, 6.45) is 5.52. The molecule has 0 radical (unpaired) electrons. The van der Waals surface area contributed by atoms with Crippen LogP contribution in [0.25, 0.3) is 11.2 Å². The Hall–Kier alpha value is -2.78. The lowest BCUT2D eigenvalue weighted by Crippen LogP contribution is -2.23. The van der Waals surface area contributed by atoms with E-state index in [1.807, 2.05) is 0 Å². The van der Waals surface area contributed by atoms with Crippen LogP contribution in [-0.2, 0) is 16.1 Å². The quantitative estimate of drug-likeness (QED) is 0.579. The number of fused-ring (bicyclic) bond motifs is 1. The summed E-state index contributed by atoms with van der Waals surface area (Å²) in [5, 5.41) is 12.0. The summed E-state index contributed by atoms with van der Waals surface area (Å²) < 4.78 is 6.90. The minimum atomic E-state index is -0.521. The van der Waals surface area contributed by atoms with Gasteiger partial charge >= 0.3 is 0 Å². The van der Waals surface area contributed by atoms with Crippen LogP contribution in [0, 0.1) is 5.92 Å². The zero-order valence-electron chi connectivity index (χ0n) is 17.7. The molecule has 0 aliphatic carbocycles. The third-order valence-electron chi connectivity index (χ3n) is 3.79. The van der Waals surface area contributed by atoms with E-state index in [2.05, 4.69) is 40.7 Å². The summed E-state index contributed by atoms with van der Waals surface area (Å²) in [6, 6.07) is 0. The van der Waals surface area contributed by atoms with Crippen molar-refractivity contribution in [3.63, 3.8) is 0 Å². The number of carbonyl (C=O) groups excluding carboxylic acids is 1. The SMILES string of the molecule is C=C/C=C(\Cn1cnc2c(=O)[nH]c(NC(=O)C(C)C)nc21)C(CO)OC.CCC. The van der Waals surface area contributed by atoms with Crippen molar-refractivity contribution in [1.29, 1.82) is 0 Å². The van der Waals surface area contributed by atoms with Crippen molar-refractivity contribution in [1.82, 2.24) is 19.5 Å². The number of imidazole rings is 1. The van der Waals surface area contributed by atoms with Crippen LogP contribution in [0.5, 0.6) is 0 Å². The molecule has 0 aliphatic rings. The number of nitrogens with zero attached hydrogens (tertiary/aromatic N) is 3. The van der Waals surface area contributed by atoms with Crippen molar-refractivity contribution in [2.24, 2.45) is 5.92 Å². The van der Waals surface area contributed by atoms with Gasteiger partial charge in [-0.05, 0) is 5.57 Å². The van der Waals surface area contributed by atoms with Gasteiger partial charge in [0.25, 0.3) is 5.56 Å². The van der Waals surface area contributed by atoms with Crippen molar-refractivity contribution < 1.29 is 14.6 Å². The van der Waals surface area contributed by atoms with E-state index >= 15 is 0 Å². The first-order valence-corrected chi connectivity index (χ1v) is 9.53. The average Bonchev–Trinajstić information content (AvgIpc) is 3.07. The van der Waals surface area contributed by atoms with Crippen molar-refractivity contribution >= 4 is 23.0 Å². The topological polar surface area (TPSA) is 122 Å². The van der Waals surface area contributed by atoms with Gasteiger partial charge < -0.3 is 14.4 Å². The second-order valence-corrected chi connectivity index (χ2v) is 6.69. The molecular formula is C20H31N5O4. The number of methoxy groups -OCH3 is 1. The second kappa shape index (κ2) is 11.9. The lowest BCUT2D eigenvalue weighted by Gasteiger charge is -2.17. The van der Waals surface area contributed by atoms with E-state index in [9.17, 15) is 14.7 Å². The molecule has 9 heteroatoms. The Kier molecular flexibility index (Phi) is 9.98. The van der Waals surface area contributed by atoms with Crippen LogP contribution in [0.3, 0.4) is 0 Å². The van der Waals surface area contributed by atoms with Crippen LogP contribution in [-0.4, -0.2) is 50.4 Å². The Balaban J connectivity index is 0.00000132. The molecule has 0 spiro atoms. The predicted molar refractivity (Wildman–Crippen MR) is 114 cm³/mol. The van der Waals surface area contributed by atoms with E-state index in [1.165, 1.54) is 19.9 Å². The number of amides is 1. The highest BCUT2D eigenvalue weighted by Gasteiger charge is 2.17. The zero-order chi connectivity index (χ0) is 22.0. The third kappa shape index (κ3) is 6.65. The van der Waals surface area contributed by atoms with Crippen LogP contribution in [0.1, 0.15) is 34.1 Å². The third-order valence-corrected chi connectivity index (χ3v) is 3.79. The largest absolute Gasteiger partial charge is 0.393 e. The molecule has 3 N–H and O–H groups in total. The molecule has 0 aromatic carbocycles. The number of allylic oxidation sites excluding steroid dienone is 2. The fourth-order valence-corrected chi connectivity index (χ4v) is 2.34. The maximum Gasteiger partial charge on any atom is 0.280 e. The Morgan fingerprint density at radius 3 is 2.62 bits per heavy atom. The van der Waals surface area contributed by atoms with Crippen molar-refractivity contribution in [2.45, 2.75) is 46.8 Å². The minimum absolute atomic E-state index is 0.0580. The highest BCUT2D eigenvalue weighted by atomic mass is 16.5. The molecule has 0 saturated heterocycles. The molecule has 1 amide bonds. The van der Waals surface area contributed by atoms with Crippen LogP contribution < -0.4 is 10.9 Å². The number of aromatic amines is 1. The van der Waals surface area contributed by atoms with Crippen molar-refractivity contribution in [2.75, 3.05) is 19.0 Å². The molecule has 0 fully saturated rings. The molecule has 2 rings (SSSR count). The number of H-pyrrole nitrogens is 1. The maximum absolute atomic E-state index is 12.2. The minimum Gasteiger partial charge on any atom is -0.393 e. The van der Waals surface area contributed by atoms with Crippen LogP contribution in [0.4, 0.5) is 5.95 Å². The first-order valence-electron chi connectivity index (χ1n) is 9.53. The van der Waals surface area contributed by atoms with E-state index in [0.29, 0.717) is 5.65 Å². The lowest BCUT2D eigenvalue weighted by molar-refractivity contribution is -0.118. The molecule has 1 unspecified atom stereocenters. The highest BCUT2D eigenvalue weighted by molar-refractivity contribution is 5.91. The van der Waals surface area contributed by atoms with E-state index in [-0.39, 0.29) is 36.4 Å². The molecule has 2 aromatic rings. The Bertz CT molecular complexity index is 894. The highest BCUT2D eigenvalue weighted by Crippen LogP contribution is 2.14. The number of rotatable bonds is 8. The van der Waals surface area contributed by atoms with Gasteiger partial charge in [0.2, 0.25) is 11.9 Å². The van der Waals surface area contributed by atoms with Gasteiger partial charge in [-0.15, -0.1) is 0 Å². The number of nitrogens with one attached hydrogen (secondary N) is 2. The van der Waals surface area contributed by atoms with Gasteiger partial charge in [0.15, 0.2) is 11.2 Å². The summed E-state index contributed by atoms with van der Waals surface area (Å²) in [6.45, 7) is 11.5. The smallest absolute Gasteiger partial charge is 0.280 e. The zero-order valence-corrected chi connectivity index (χ0v) is 17.7. The first-order chi connectivity index (χ1) is 13.8. The molecular weight excluding hydrogens is 374 g/mol. The van der Waals surface area contributed by atoms with E-state index < -0.39 is 11.7 Å². The average molecular weight is 405 g/mol. The van der Waals surface area contributed by atoms with Crippen LogP contribution in [0.15, 0.2) is 35.4 Å². The molecule has 0 saturated carbocycles. The second-order valence-electron chi connectivity index (χ2n) is 6.69. The number of hydrogen-bond donors (Lipinski definition) is 3. The monoisotopic (exact) mass is 405 g/mol. The Morgan fingerprint density at radius 2 is 2.10 bits per heavy atom. The van der Waals surface area contributed by atoms with Gasteiger partial charge in [-0.3, -0.25) is 19.9 Å². The number of ether oxygens (including phenoxy) is 1. The fraction of sp³-hybridized carbons (Fsp3) is 0.500. The number of carbonyl (C=O) groups is 1. The number of hydrogen-bond acceptors (Lipinski definition) is 6. The van der Waals surface area contributed by atoms with Gasteiger partial charge in [0.1, 0.15) is 6.10 Å². The van der Waals surface area contributed by atoms with E-state index in [0.717, 1.165) is 5.57 Å². The van der Waals surface area contributed by atoms with Gasteiger partial charge in [-0.25, -0.2) is 4.98 Å². The Labute approximate surface area is 170 Å². The first kappa shape index (κ1) is 24.3. The molecule has 160 valence electrons. The van der Waals surface area contributed by atoms with Crippen LogP contribution >= 0.6 is 0 Å². The number of anilines is 1. The van der Waals surface area contributed by atoms with Gasteiger partial charge in [0, 0.05) is 19.6 Å². The number of aliphatic hydroxyl groups is 1. The lowest BCUT2D eigenvalue weighted by atomic mass is 10.1. The van der Waals surface area contributed by atoms with Crippen molar-refractivity contribution in [3.8, 4) is 0 Å². The van der Waals surface area contributed by atoms with Gasteiger partial charge in [-0.1, -0.05) is 52.8 Å². The molecule has 2 heterocycles. The summed E-state index contributed by atoms with van der Waals surface area (Å²) >= 11 is 0. The Morgan fingerprint density at radius 1 is 1.45 bits per heavy atom. The van der Waals surface area contributed by atoms with Gasteiger partial charge in [-0.2, -0.15) is 4.98 Å². The molecule has 2 aromatic heterocycles. The summed E-state index contributed by atoms with van der Waals surface area (Å²) in [5.41, 5.74) is 0.755. The summed E-state index contributed by atoms with van der Waals surface area (Å²) in [7, 11) is 1.49. The summed E-state index contributed by atoms with van der Waals surface area (Å²) in [4.78, 5) is 34.9. The molecule has 0 aliphatic heterocycles. The van der Waals surface area contributed by atoms with Crippen LogP contribution in [0.2, 0.25) is 0 Å². The normalized spacial score (nSPS) is 12.4.